The maximum atomic E-state index is 11.9. The van der Waals surface area contributed by atoms with Crippen LogP contribution < -0.4 is 11.1 Å². The van der Waals surface area contributed by atoms with Gasteiger partial charge in [0.15, 0.2) is 0 Å². The molecule has 1 atom stereocenters. The van der Waals surface area contributed by atoms with E-state index in [4.69, 9.17) is 5.73 Å². The molecule has 1 aliphatic rings. The summed E-state index contributed by atoms with van der Waals surface area (Å²) in [4.78, 5) is 13.5. The standard InChI is InChI=1S/C15H23N3O/c1-10(8-11-4-5-11)17-14-9-12(6-7-13(14)16)15(19)18(2)3/h6-7,9-11,17H,4-5,8,16H2,1-3H3. The smallest absolute Gasteiger partial charge is 0.253 e. The second kappa shape index (κ2) is 5.51. The van der Waals surface area contributed by atoms with E-state index in [-0.39, 0.29) is 5.91 Å². The molecule has 1 saturated carbocycles. The number of carbonyl (C=O) groups excluding carboxylic acids is 1. The van der Waals surface area contributed by atoms with Gasteiger partial charge in [-0.15, -0.1) is 0 Å². The Morgan fingerprint density at radius 3 is 2.74 bits per heavy atom. The first-order chi connectivity index (χ1) is 8.97. The summed E-state index contributed by atoms with van der Waals surface area (Å²) in [5, 5.41) is 3.42. The van der Waals surface area contributed by atoms with Gasteiger partial charge in [0.25, 0.3) is 5.91 Å². The van der Waals surface area contributed by atoms with E-state index in [9.17, 15) is 4.79 Å². The van der Waals surface area contributed by atoms with Gasteiger partial charge in [0.05, 0.1) is 11.4 Å². The Hall–Kier alpha value is -1.71. The molecule has 1 fully saturated rings. The van der Waals surface area contributed by atoms with Crippen molar-refractivity contribution in [3.63, 3.8) is 0 Å². The minimum absolute atomic E-state index is 0.00195. The second-order valence-electron chi connectivity index (χ2n) is 5.73. The summed E-state index contributed by atoms with van der Waals surface area (Å²) < 4.78 is 0. The molecule has 4 nitrogen and oxygen atoms in total. The number of carbonyl (C=O) groups is 1. The lowest BCUT2D eigenvalue weighted by Gasteiger charge is -2.18. The molecule has 3 N–H and O–H groups in total. The Labute approximate surface area is 115 Å². The number of nitrogens with two attached hydrogens (primary N) is 1. The van der Waals surface area contributed by atoms with E-state index in [2.05, 4.69) is 12.2 Å². The number of hydrogen-bond acceptors (Lipinski definition) is 3. The lowest BCUT2D eigenvalue weighted by molar-refractivity contribution is 0.0827. The maximum absolute atomic E-state index is 11.9. The first-order valence-corrected chi connectivity index (χ1v) is 6.85. The lowest BCUT2D eigenvalue weighted by atomic mass is 10.1. The Balaban J connectivity index is 2.09. The summed E-state index contributed by atoms with van der Waals surface area (Å²) in [6, 6.07) is 5.80. The van der Waals surface area contributed by atoms with Crippen molar-refractivity contribution in [2.24, 2.45) is 5.92 Å². The van der Waals surface area contributed by atoms with Crippen molar-refractivity contribution in [3.05, 3.63) is 23.8 Å². The van der Waals surface area contributed by atoms with Crippen molar-refractivity contribution >= 4 is 17.3 Å². The Kier molecular flexibility index (Phi) is 3.98. The number of nitrogen functional groups attached to an aromatic ring is 1. The number of nitrogens with zero attached hydrogens (tertiary/aromatic N) is 1. The zero-order valence-corrected chi connectivity index (χ0v) is 11.9. The lowest BCUT2D eigenvalue weighted by Crippen LogP contribution is -2.22. The van der Waals surface area contributed by atoms with Crippen LogP contribution in [0.5, 0.6) is 0 Å². The third-order valence-electron chi connectivity index (χ3n) is 3.49. The molecule has 1 aromatic rings. The topological polar surface area (TPSA) is 58.4 Å². The monoisotopic (exact) mass is 261 g/mol. The molecule has 0 saturated heterocycles. The van der Waals surface area contributed by atoms with E-state index >= 15 is 0 Å². The minimum atomic E-state index is -0.00195. The molecule has 104 valence electrons. The van der Waals surface area contributed by atoms with Crippen LogP contribution >= 0.6 is 0 Å². The highest BCUT2D eigenvalue weighted by molar-refractivity contribution is 5.95. The van der Waals surface area contributed by atoms with Crippen LogP contribution in [0.15, 0.2) is 18.2 Å². The molecule has 0 bridgehead atoms. The third-order valence-corrected chi connectivity index (χ3v) is 3.49. The molecule has 1 aliphatic carbocycles. The van der Waals surface area contributed by atoms with Crippen LogP contribution in [-0.2, 0) is 0 Å². The SMILES string of the molecule is CC(CC1CC1)Nc1cc(C(=O)N(C)C)ccc1N. The van der Waals surface area contributed by atoms with Crippen molar-refractivity contribution < 1.29 is 4.79 Å². The van der Waals surface area contributed by atoms with Gasteiger partial charge in [0, 0.05) is 25.7 Å². The molecule has 19 heavy (non-hydrogen) atoms. The molecule has 0 radical (unpaired) electrons. The number of benzene rings is 1. The van der Waals surface area contributed by atoms with Crippen molar-refractivity contribution in [1.82, 2.24) is 4.90 Å². The quantitative estimate of drug-likeness (QED) is 0.801. The fourth-order valence-corrected chi connectivity index (χ4v) is 2.25. The van der Waals surface area contributed by atoms with E-state index in [0.29, 0.717) is 17.3 Å². The first-order valence-electron chi connectivity index (χ1n) is 6.85. The summed E-state index contributed by atoms with van der Waals surface area (Å²) in [6.07, 6.45) is 3.87. The zero-order valence-electron chi connectivity index (χ0n) is 11.9. The molecule has 1 aromatic carbocycles. The van der Waals surface area contributed by atoms with Crippen LogP contribution in [0, 0.1) is 5.92 Å². The highest BCUT2D eigenvalue weighted by Gasteiger charge is 2.23. The van der Waals surface area contributed by atoms with Gasteiger partial charge >= 0.3 is 0 Å². The molecule has 0 spiro atoms. The number of anilines is 2. The predicted octanol–water partition coefficient (Wildman–Crippen LogP) is 2.57. The average molecular weight is 261 g/mol. The largest absolute Gasteiger partial charge is 0.397 e. The van der Waals surface area contributed by atoms with Crippen LogP contribution in [0.1, 0.15) is 36.5 Å². The summed E-state index contributed by atoms with van der Waals surface area (Å²) >= 11 is 0. The molecule has 0 heterocycles. The molecular formula is C15H23N3O. The fourth-order valence-electron chi connectivity index (χ4n) is 2.25. The van der Waals surface area contributed by atoms with Gasteiger partial charge in [0.1, 0.15) is 0 Å². The van der Waals surface area contributed by atoms with Crippen LogP contribution in [0.2, 0.25) is 0 Å². The van der Waals surface area contributed by atoms with Gasteiger partial charge in [0.2, 0.25) is 0 Å². The van der Waals surface area contributed by atoms with Gasteiger partial charge in [-0.25, -0.2) is 0 Å². The van der Waals surface area contributed by atoms with Gasteiger partial charge in [-0.05, 0) is 37.5 Å². The number of nitrogens with one attached hydrogen (secondary N) is 1. The molecule has 4 heteroatoms. The minimum Gasteiger partial charge on any atom is -0.397 e. The van der Waals surface area contributed by atoms with Crippen molar-refractivity contribution in [2.45, 2.75) is 32.2 Å². The highest BCUT2D eigenvalue weighted by atomic mass is 16.2. The van der Waals surface area contributed by atoms with E-state index in [0.717, 1.165) is 11.6 Å². The van der Waals surface area contributed by atoms with Crippen molar-refractivity contribution in [3.8, 4) is 0 Å². The van der Waals surface area contributed by atoms with Gasteiger partial charge in [-0.3, -0.25) is 4.79 Å². The summed E-state index contributed by atoms with van der Waals surface area (Å²) in [7, 11) is 3.50. The van der Waals surface area contributed by atoms with Crippen LogP contribution in [0.3, 0.4) is 0 Å². The summed E-state index contributed by atoms with van der Waals surface area (Å²) in [5.74, 6) is 0.869. The second-order valence-corrected chi connectivity index (χ2v) is 5.73. The third kappa shape index (κ3) is 3.63. The van der Waals surface area contributed by atoms with E-state index < -0.39 is 0 Å². The van der Waals surface area contributed by atoms with E-state index in [1.54, 1.807) is 31.1 Å². The zero-order chi connectivity index (χ0) is 14.0. The normalized spacial score (nSPS) is 15.9. The molecule has 2 rings (SSSR count). The maximum Gasteiger partial charge on any atom is 0.253 e. The number of amides is 1. The molecule has 0 aromatic heterocycles. The van der Waals surface area contributed by atoms with Crippen LogP contribution in [0.25, 0.3) is 0 Å². The predicted molar refractivity (Wildman–Crippen MR) is 79.3 cm³/mol. The highest BCUT2D eigenvalue weighted by Crippen LogP contribution is 2.34. The fraction of sp³-hybridized carbons (Fsp3) is 0.533. The number of rotatable bonds is 5. The number of hydrogen-bond donors (Lipinski definition) is 2. The summed E-state index contributed by atoms with van der Waals surface area (Å²) in [5.41, 5.74) is 8.19. The van der Waals surface area contributed by atoms with E-state index in [1.807, 2.05) is 6.07 Å². The Morgan fingerprint density at radius 1 is 1.47 bits per heavy atom. The van der Waals surface area contributed by atoms with Crippen LogP contribution in [-0.4, -0.2) is 30.9 Å². The molecule has 1 unspecified atom stereocenters. The molecule has 0 aliphatic heterocycles. The molecular weight excluding hydrogens is 238 g/mol. The average Bonchev–Trinajstić information content (AvgIpc) is 3.14. The van der Waals surface area contributed by atoms with Gasteiger partial charge in [-0.1, -0.05) is 12.8 Å². The van der Waals surface area contributed by atoms with Crippen LogP contribution in [0.4, 0.5) is 11.4 Å². The van der Waals surface area contributed by atoms with E-state index in [1.165, 1.54) is 19.3 Å². The first kappa shape index (κ1) is 13.7. The van der Waals surface area contributed by atoms with Gasteiger partial charge < -0.3 is 16.0 Å². The molecule has 1 amide bonds. The van der Waals surface area contributed by atoms with Crippen molar-refractivity contribution in [2.75, 3.05) is 25.1 Å². The van der Waals surface area contributed by atoms with Crippen molar-refractivity contribution in [1.29, 1.82) is 0 Å². The summed E-state index contributed by atoms with van der Waals surface area (Å²) in [6.45, 7) is 2.16. The Bertz CT molecular complexity index is 466. The Morgan fingerprint density at radius 2 is 2.16 bits per heavy atom. The van der Waals surface area contributed by atoms with Gasteiger partial charge in [-0.2, -0.15) is 0 Å².